The number of halogens is 1. The van der Waals surface area contributed by atoms with Gasteiger partial charge in [0.2, 0.25) is 0 Å². The van der Waals surface area contributed by atoms with Gasteiger partial charge in [-0.25, -0.2) is 0 Å². The summed E-state index contributed by atoms with van der Waals surface area (Å²) >= 11 is 3.47. The van der Waals surface area contributed by atoms with Gasteiger partial charge in [-0.15, -0.1) is 0 Å². The number of ether oxygens (including phenoxy) is 2. The molecule has 0 amide bonds. The van der Waals surface area contributed by atoms with Gasteiger partial charge < -0.3 is 9.47 Å². The quantitative estimate of drug-likeness (QED) is 0.728. The van der Waals surface area contributed by atoms with Gasteiger partial charge in [-0.1, -0.05) is 29.3 Å². The molecule has 0 radical (unpaired) electrons. The first kappa shape index (κ1) is 16.2. The fourth-order valence-electron chi connectivity index (χ4n) is 1.92. The first-order valence-corrected chi connectivity index (χ1v) is 7.38. The topological polar surface area (TPSA) is 35.5 Å². The van der Waals surface area contributed by atoms with Crippen molar-refractivity contribution in [2.75, 3.05) is 13.7 Å². The van der Waals surface area contributed by atoms with E-state index in [-0.39, 0.29) is 11.9 Å². The molecule has 0 aliphatic rings. The standard InChI is InChI=1S/C15H21BrO3/c1-4-6-15(19-5-2)14(17)10-11-9-12(18-3)7-8-13(11)16/h7-9,15H,4-6,10H2,1-3H3. The van der Waals surface area contributed by atoms with Crippen LogP contribution in [-0.2, 0) is 16.0 Å². The van der Waals surface area contributed by atoms with Gasteiger partial charge in [-0.2, -0.15) is 0 Å². The summed E-state index contributed by atoms with van der Waals surface area (Å²) in [5.74, 6) is 0.882. The highest BCUT2D eigenvalue weighted by atomic mass is 79.9. The highest BCUT2D eigenvalue weighted by Gasteiger charge is 2.19. The van der Waals surface area contributed by atoms with Crippen LogP contribution in [0, 0.1) is 0 Å². The second-order valence-electron chi connectivity index (χ2n) is 4.33. The minimum atomic E-state index is -0.298. The molecule has 0 aliphatic heterocycles. The van der Waals surface area contributed by atoms with Gasteiger partial charge in [0.1, 0.15) is 11.9 Å². The molecular formula is C15H21BrO3. The predicted octanol–water partition coefficient (Wildman–Crippen LogP) is 3.77. The van der Waals surface area contributed by atoms with E-state index in [1.165, 1.54) is 0 Å². The molecule has 1 aromatic rings. The molecule has 3 nitrogen and oxygen atoms in total. The van der Waals surface area contributed by atoms with Crippen molar-refractivity contribution in [3.63, 3.8) is 0 Å². The van der Waals surface area contributed by atoms with Crippen LogP contribution < -0.4 is 4.74 Å². The molecule has 1 aromatic carbocycles. The number of Topliss-reactive ketones (excluding diaryl/α,β-unsaturated/α-hetero) is 1. The highest BCUT2D eigenvalue weighted by molar-refractivity contribution is 9.10. The minimum Gasteiger partial charge on any atom is -0.497 e. The third-order valence-corrected chi connectivity index (χ3v) is 3.67. The summed E-state index contributed by atoms with van der Waals surface area (Å²) in [6.45, 7) is 4.54. The average molecular weight is 329 g/mol. The van der Waals surface area contributed by atoms with Crippen LogP contribution in [0.1, 0.15) is 32.3 Å². The van der Waals surface area contributed by atoms with E-state index >= 15 is 0 Å². The molecule has 19 heavy (non-hydrogen) atoms. The summed E-state index contributed by atoms with van der Waals surface area (Å²) in [5, 5.41) is 0. The summed E-state index contributed by atoms with van der Waals surface area (Å²) in [6, 6.07) is 5.65. The number of benzene rings is 1. The van der Waals surface area contributed by atoms with Crippen LogP contribution in [0.4, 0.5) is 0 Å². The van der Waals surface area contributed by atoms with Gasteiger partial charge in [-0.05, 0) is 37.1 Å². The molecule has 0 saturated heterocycles. The van der Waals surface area contributed by atoms with E-state index < -0.39 is 0 Å². The van der Waals surface area contributed by atoms with E-state index in [1.807, 2.05) is 25.1 Å². The van der Waals surface area contributed by atoms with Gasteiger partial charge in [0.05, 0.1) is 7.11 Å². The summed E-state index contributed by atoms with van der Waals surface area (Å²) in [4.78, 5) is 12.3. The molecule has 0 fully saturated rings. The van der Waals surface area contributed by atoms with Crippen LogP contribution in [-0.4, -0.2) is 25.6 Å². The molecule has 1 unspecified atom stereocenters. The van der Waals surface area contributed by atoms with Crippen molar-refractivity contribution < 1.29 is 14.3 Å². The monoisotopic (exact) mass is 328 g/mol. The van der Waals surface area contributed by atoms with Crippen molar-refractivity contribution >= 4 is 21.7 Å². The van der Waals surface area contributed by atoms with E-state index in [1.54, 1.807) is 7.11 Å². The van der Waals surface area contributed by atoms with Crippen molar-refractivity contribution in [3.8, 4) is 5.75 Å². The lowest BCUT2D eigenvalue weighted by Crippen LogP contribution is -2.26. The van der Waals surface area contributed by atoms with Gasteiger partial charge in [0.25, 0.3) is 0 Å². The Bertz CT molecular complexity index is 412. The molecule has 4 heteroatoms. The Balaban J connectivity index is 2.79. The van der Waals surface area contributed by atoms with E-state index in [0.717, 1.165) is 28.6 Å². The molecule has 0 aromatic heterocycles. The van der Waals surface area contributed by atoms with E-state index in [4.69, 9.17) is 9.47 Å². The Morgan fingerprint density at radius 3 is 2.68 bits per heavy atom. The lowest BCUT2D eigenvalue weighted by molar-refractivity contribution is -0.130. The van der Waals surface area contributed by atoms with Gasteiger partial charge in [0, 0.05) is 17.5 Å². The molecule has 0 aliphatic carbocycles. The summed E-state index contributed by atoms with van der Waals surface area (Å²) in [6.07, 6.45) is 1.78. The lowest BCUT2D eigenvalue weighted by atomic mass is 10.0. The Labute approximate surface area is 123 Å². The van der Waals surface area contributed by atoms with Gasteiger partial charge >= 0.3 is 0 Å². The maximum absolute atomic E-state index is 12.3. The number of hydrogen-bond donors (Lipinski definition) is 0. The number of methoxy groups -OCH3 is 1. The van der Waals surface area contributed by atoms with E-state index in [0.29, 0.717) is 13.0 Å². The normalized spacial score (nSPS) is 12.2. The fraction of sp³-hybridized carbons (Fsp3) is 0.533. The van der Waals surface area contributed by atoms with Crippen LogP contribution in [0.2, 0.25) is 0 Å². The highest BCUT2D eigenvalue weighted by Crippen LogP contribution is 2.24. The van der Waals surface area contributed by atoms with Crippen molar-refractivity contribution in [2.45, 2.75) is 39.2 Å². The first-order valence-electron chi connectivity index (χ1n) is 6.59. The van der Waals surface area contributed by atoms with Crippen molar-refractivity contribution in [1.82, 2.24) is 0 Å². The largest absolute Gasteiger partial charge is 0.497 e. The zero-order chi connectivity index (χ0) is 14.3. The van der Waals surface area contributed by atoms with E-state index in [9.17, 15) is 4.79 Å². The maximum Gasteiger partial charge on any atom is 0.165 e. The summed E-state index contributed by atoms with van der Waals surface area (Å²) in [7, 11) is 1.62. The van der Waals surface area contributed by atoms with Crippen LogP contribution in [0.5, 0.6) is 5.75 Å². The summed E-state index contributed by atoms with van der Waals surface area (Å²) < 4.78 is 11.6. The molecule has 0 saturated carbocycles. The first-order chi connectivity index (χ1) is 9.12. The number of carbonyl (C=O) groups excluding carboxylic acids is 1. The fourth-order valence-corrected chi connectivity index (χ4v) is 2.30. The number of rotatable bonds is 8. The van der Waals surface area contributed by atoms with Crippen LogP contribution in [0.3, 0.4) is 0 Å². The average Bonchev–Trinajstić information content (AvgIpc) is 2.41. The molecule has 0 bridgehead atoms. The van der Waals surface area contributed by atoms with E-state index in [2.05, 4.69) is 22.9 Å². The zero-order valence-corrected chi connectivity index (χ0v) is 13.3. The SMILES string of the molecule is CCCC(OCC)C(=O)Cc1cc(OC)ccc1Br. The second kappa shape index (κ2) is 8.33. The molecule has 1 atom stereocenters. The number of ketones is 1. The minimum absolute atomic E-state index is 0.123. The lowest BCUT2D eigenvalue weighted by Gasteiger charge is -2.15. The number of carbonyl (C=O) groups is 1. The van der Waals surface area contributed by atoms with Crippen LogP contribution >= 0.6 is 15.9 Å². The second-order valence-corrected chi connectivity index (χ2v) is 5.19. The smallest absolute Gasteiger partial charge is 0.165 e. The Hall–Kier alpha value is -0.870. The molecule has 0 heterocycles. The Morgan fingerprint density at radius 2 is 2.11 bits per heavy atom. The van der Waals surface area contributed by atoms with Crippen LogP contribution in [0.15, 0.2) is 22.7 Å². The van der Waals surface area contributed by atoms with Crippen molar-refractivity contribution in [2.24, 2.45) is 0 Å². The zero-order valence-electron chi connectivity index (χ0n) is 11.7. The third kappa shape index (κ3) is 4.96. The molecule has 0 N–H and O–H groups in total. The van der Waals surface area contributed by atoms with Crippen molar-refractivity contribution in [3.05, 3.63) is 28.2 Å². The molecule has 106 valence electrons. The van der Waals surface area contributed by atoms with Crippen molar-refractivity contribution in [1.29, 1.82) is 0 Å². The number of hydrogen-bond acceptors (Lipinski definition) is 3. The summed E-state index contributed by atoms with van der Waals surface area (Å²) in [5.41, 5.74) is 0.935. The van der Waals surface area contributed by atoms with Gasteiger partial charge in [-0.3, -0.25) is 4.79 Å². The predicted molar refractivity (Wildman–Crippen MR) is 79.7 cm³/mol. The third-order valence-electron chi connectivity index (χ3n) is 2.90. The Morgan fingerprint density at radius 1 is 1.37 bits per heavy atom. The molecule has 1 rings (SSSR count). The molecular weight excluding hydrogens is 308 g/mol. The van der Waals surface area contributed by atoms with Gasteiger partial charge in [0.15, 0.2) is 5.78 Å². The maximum atomic E-state index is 12.3. The van der Waals surface area contributed by atoms with Crippen LogP contribution in [0.25, 0.3) is 0 Å². The molecule has 0 spiro atoms. The Kier molecular flexibility index (Phi) is 7.10.